The minimum Gasteiger partial charge on any atom is -0.318 e. The van der Waals surface area contributed by atoms with Crippen LogP contribution in [0.5, 0.6) is 0 Å². The number of nitrogens with one attached hydrogen (secondary N) is 1. The molecule has 3 aromatic heterocycles. The Bertz CT molecular complexity index is 1180. The molecule has 29 heavy (non-hydrogen) atoms. The van der Waals surface area contributed by atoms with Crippen molar-refractivity contribution in [1.29, 1.82) is 0 Å². The normalized spacial score (nSPS) is 10.9. The predicted octanol–water partition coefficient (Wildman–Crippen LogP) is 3.07. The Kier molecular flexibility index (Phi) is 4.63. The highest BCUT2D eigenvalue weighted by atomic mass is 19.1. The molecule has 4 aromatic rings. The molecule has 1 amide bonds. The second-order valence-electron chi connectivity index (χ2n) is 6.61. The topological polar surface area (TPSA) is 90.5 Å². The molecular weight excluding hydrogens is 373 g/mol. The van der Waals surface area contributed by atoms with Gasteiger partial charge in [0.25, 0.3) is 11.9 Å². The summed E-state index contributed by atoms with van der Waals surface area (Å²) in [6, 6.07) is 9.51. The van der Waals surface area contributed by atoms with Crippen LogP contribution in [0.2, 0.25) is 0 Å². The van der Waals surface area contributed by atoms with Gasteiger partial charge in [-0.1, -0.05) is 0 Å². The first-order chi connectivity index (χ1) is 13.9. The van der Waals surface area contributed by atoms with Gasteiger partial charge in [-0.15, -0.1) is 0 Å². The van der Waals surface area contributed by atoms with E-state index in [0.717, 1.165) is 17.0 Å². The summed E-state index contributed by atoms with van der Waals surface area (Å²) in [5, 5.41) is 11.4. The first-order valence-corrected chi connectivity index (χ1v) is 8.88. The van der Waals surface area contributed by atoms with Crippen LogP contribution in [0, 0.1) is 19.7 Å². The Morgan fingerprint density at radius 3 is 2.34 bits per heavy atom. The molecule has 0 unspecified atom stereocenters. The fourth-order valence-electron chi connectivity index (χ4n) is 2.96. The molecule has 0 spiro atoms. The lowest BCUT2D eigenvalue weighted by Crippen LogP contribution is -2.16. The highest BCUT2D eigenvalue weighted by Gasteiger charge is 2.15. The van der Waals surface area contributed by atoms with E-state index in [1.165, 1.54) is 29.2 Å². The van der Waals surface area contributed by atoms with E-state index in [-0.39, 0.29) is 11.7 Å². The summed E-state index contributed by atoms with van der Waals surface area (Å²) in [5.74, 6) is -0.255. The third kappa shape index (κ3) is 3.75. The molecule has 0 aliphatic carbocycles. The Labute approximate surface area is 166 Å². The van der Waals surface area contributed by atoms with Crippen LogP contribution in [0.3, 0.4) is 0 Å². The quantitative estimate of drug-likeness (QED) is 0.577. The molecule has 9 heteroatoms. The van der Waals surface area contributed by atoms with E-state index < -0.39 is 0 Å². The molecule has 0 bridgehead atoms. The van der Waals surface area contributed by atoms with Crippen molar-refractivity contribution in [3.63, 3.8) is 0 Å². The lowest BCUT2D eigenvalue weighted by Gasteiger charge is -2.06. The van der Waals surface area contributed by atoms with Gasteiger partial charge in [-0.3, -0.25) is 9.48 Å². The molecule has 0 saturated heterocycles. The number of aromatic nitrogens is 6. The number of amides is 1. The number of carbonyl (C=O) groups excluding carboxylic acids is 1. The van der Waals surface area contributed by atoms with Crippen LogP contribution < -0.4 is 5.32 Å². The molecular formula is C20H18FN7O. The average molecular weight is 391 g/mol. The fourth-order valence-corrected chi connectivity index (χ4v) is 2.96. The van der Waals surface area contributed by atoms with Crippen molar-refractivity contribution >= 4 is 11.6 Å². The van der Waals surface area contributed by atoms with Crippen LogP contribution in [0.4, 0.5) is 10.1 Å². The van der Waals surface area contributed by atoms with Gasteiger partial charge >= 0.3 is 0 Å². The molecule has 1 aromatic carbocycles. The number of rotatable bonds is 4. The molecule has 0 atom stereocenters. The van der Waals surface area contributed by atoms with Crippen LogP contribution in [-0.2, 0) is 7.05 Å². The van der Waals surface area contributed by atoms with Crippen LogP contribution in [0.25, 0.3) is 17.2 Å². The zero-order valence-electron chi connectivity index (χ0n) is 16.1. The number of hydrogen-bond acceptors (Lipinski definition) is 5. The van der Waals surface area contributed by atoms with Gasteiger partial charge in [0.05, 0.1) is 29.5 Å². The zero-order valence-corrected chi connectivity index (χ0v) is 16.1. The molecule has 8 nitrogen and oxygen atoms in total. The summed E-state index contributed by atoms with van der Waals surface area (Å²) in [7, 11) is 1.67. The monoisotopic (exact) mass is 391 g/mol. The zero-order chi connectivity index (χ0) is 20.5. The largest absolute Gasteiger partial charge is 0.318 e. The number of benzene rings is 1. The molecule has 1 N–H and O–H groups in total. The summed E-state index contributed by atoms with van der Waals surface area (Å²) in [6.45, 7) is 3.81. The predicted molar refractivity (Wildman–Crippen MR) is 105 cm³/mol. The highest BCUT2D eigenvalue weighted by Crippen LogP contribution is 2.20. The van der Waals surface area contributed by atoms with Gasteiger partial charge in [0.2, 0.25) is 0 Å². The van der Waals surface area contributed by atoms with E-state index in [9.17, 15) is 9.18 Å². The summed E-state index contributed by atoms with van der Waals surface area (Å²) < 4.78 is 16.2. The Morgan fingerprint density at radius 1 is 1.03 bits per heavy atom. The number of nitrogens with zero attached hydrogens (tertiary/aromatic N) is 6. The van der Waals surface area contributed by atoms with E-state index in [1.54, 1.807) is 29.9 Å². The van der Waals surface area contributed by atoms with Crippen LogP contribution in [0.15, 0.2) is 48.8 Å². The van der Waals surface area contributed by atoms with Crippen molar-refractivity contribution in [2.45, 2.75) is 13.8 Å². The maximum atomic E-state index is 13.1. The van der Waals surface area contributed by atoms with Gasteiger partial charge < -0.3 is 5.32 Å². The van der Waals surface area contributed by atoms with Crippen molar-refractivity contribution in [2.24, 2.45) is 7.05 Å². The van der Waals surface area contributed by atoms with Crippen LogP contribution in [0.1, 0.15) is 21.9 Å². The third-order valence-corrected chi connectivity index (χ3v) is 4.35. The second kappa shape index (κ2) is 7.27. The number of halogens is 1. The Morgan fingerprint density at radius 2 is 1.72 bits per heavy atom. The minimum absolute atomic E-state index is 0.327. The standard InChI is InChI=1S/C20H18FN7O/c1-12-8-13(2)28(25-12)20-22-10-16(11-23-20)24-19(29)18-9-17(26-27(18)3)14-4-6-15(21)7-5-14/h4-11H,1-3H3,(H,24,29). The van der Waals surface area contributed by atoms with Crippen LogP contribution in [-0.4, -0.2) is 35.4 Å². The van der Waals surface area contributed by atoms with Crippen molar-refractivity contribution in [2.75, 3.05) is 5.32 Å². The SMILES string of the molecule is Cc1cc(C)n(-c2ncc(NC(=O)c3cc(-c4ccc(F)cc4)nn3C)cn2)n1. The van der Waals surface area contributed by atoms with Gasteiger partial charge in [0.1, 0.15) is 11.5 Å². The summed E-state index contributed by atoms with van der Waals surface area (Å²) in [5.41, 5.74) is 3.89. The van der Waals surface area contributed by atoms with Crippen molar-refractivity contribution in [1.82, 2.24) is 29.5 Å². The molecule has 146 valence electrons. The lowest BCUT2D eigenvalue weighted by atomic mass is 10.1. The van der Waals surface area contributed by atoms with Crippen molar-refractivity contribution in [3.8, 4) is 17.2 Å². The minimum atomic E-state index is -0.351. The maximum absolute atomic E-state index is 13.1. The van der Waals surface area contributed by atoms with Gasteiger partial charge in [-0.05, 0) is 50.2 Å². The number of anilines is 1. The fraction of sp³-hybridized carbons (Fsp3) is 0.150. The molecule has 0 saturated carbocycles. The van der Waals surface area contributed by atoms with Gasteiger partial charge in [-0.25, -0.2) is 19.0 Å². The third-order valence-electron chi connectivity index (χ3n) is 4.35. The van der Waals surface area contributed by atoms with Gasteiger partial charge in [0.15, 0.2) is 0 Å². The smallest absolute Gasteiger partial charge is 0.274 e. The summed E-state index contributed by atoms with van der Waals surface area (Å²) in [4.78, 5) is 21.2. The van der Waals surface area contributed by atoms with E-state index >= 15 is 0 Å². The maximum Gasteiger partial charge on any atom is 0.274 e. The number of carbonyl (C=O) groups is 1. The second-order valence-corrected chi connectivity index (χ2v) is 6.61. The molecule has 0 radical (unpaired) electrons. The molecule has 0 aliphatic rings. The lowest BCUT2D eigenvalue weighted by molar-refractivity contribution is 0.101. The van der Waals surface area contributed by atoms with Crippen molar-refractivity contribution < 1.29 is 9.18 Å². The Hall–Kier alpha value is -3.88. The first kappa shape index (κ1) is 18.5. The molecule has 3 heterocycles. The summed E-state index contributed by atoms with van der Waals surface area (Å²) in [6.07, 6.45) is 3.04. The number of aryl methyl sites for hydroxylation is 3. The molecule has 4 rings (SSSR count). The van der Waals surface area contributed by atoms with Crippen molar-refractivity contribution in [3.05, 3.63) is 71.7 Å². The average Bonchev–Trinajstić information content (AvgIpc) is 3.24. The van der Waals surface area contributed by atoms with E-state index in [2.05, 4.69) is 25.5 Å². The van der Waals surface area contributed by atoms with E-state index in [4.69, 9.17) is 0 Å². The Balaban J connectivity index is 1.52. The van der Waals surface area contributed by atoms with Gasteiger partial charge in [0, 0.05) is 18.3 Å². The van der Waals surface area contributed by atoms with Gasteiger partial charge in [-0.2, -0.15) is 10.2 Å². The molecule has 0 fully saturated rings. The van der Waals surface area contributed by atoms with E-state index in [1.807, 2.05) is 19.9 Å². The van der Waals surface area contributed by atoms with Crippen LogP contribution >= 0.6 is 0 Å². The first-order valence-electron chi connectivity index (χ1n) is 8.88. The van der Waals surface area contributed by atoms with E-state index in [0.29, 0.717) is 23.0 Å². The molecule has 0 aliphatic heterocycles. The summed E-state index contributed by atoms with van der Waals surface area (Å²) >= 11 is 0. The highest BCUT2D eigenvalue weighted by molar-refractivity contribution is 6.03. The number of hydrogen-bond donors (Lipinski definition) is 1.